The SMILES string of the molecule is CSc1ccc(C2C[C@@H](O)c3ccc(F)cc3O2)cc1. The Hall–Kier alpha value is -1.52. The maximum Gasteiger partial charge on any atom is 0.128 e. The van der Waals surface area contributed by atoms with Gasteiger partial charge in [-0.3, -0.25) is 0 Å². The summed E-state index contributed by atoms with van der Waals surface area (Å²) in [6, 6.07) is 12.3. The van der Waals surface area contributed by atoms with Gasteiger partial charge in [-0.2, -0.15) is 0 Å². The lowest BCUT2D eigenvalue weighted by atomic mass is 9.95. The fourth-order valence-electron chi connectivity index (χ4n) is 2.44. The van der Waals surface area contributed by atoms with E-state index in [0.717, 1.165) is 5.56 Å². The highest BCUT2D eigenvalue weighted by atomic mass is 32.2. The molecule has 2 aromatic carbocycles. The van der Waals surface area contributed by atoms with Gasteiger partial charge in [0.05, 0.1) is 6.10 Å². The van der Waals surface area contributed by atoms with Gasteiger partial charge in [-0.1, -0.05) is 12.1 Å². The minimum Gasteiger partial charge on any atom is -0.485 e. The van der Waals surface area contributed by atoms with Gasteiger partial charge in [0, 0.05) is 22.9 Å². The lowest BCUT2D eigenvalue weighted by molar-refractivity contribution is 0.0653. The minimum absolute atomic E-state index is 0.241. The van der Waals surface area contributed by atoms with Crippen molar-refractivity contribution in [3.8, 4) is 5.75 Å². The van der Waals surface area contributed by atoms with E-state index in [9.17, 15) is 9.50 Å². The number of rotatable bonds is 2. The van der Waals surface area contributed by atoms with Crippen molar-refractivity contribution in [1.29, 1.82) is 0 Å². The maximum absolute atomic E-state index is 13.3. The normalized spacial score (nSPS) is 21.1. The molecule has 1 aliphatic heterocycles. The molecular formula is C16H15FO2S. The fraction of sp³-hybridized carbons (Fsp3) is 0.250. The van der Waals surface area contributed by atoms with Crippen LogP contribution in [0.3, 0.4) is 0 Å². The fourth-order valence-corrected chi connectivity index (χ4v) is 2.85. The van der Waals surface area contributed by atoms with Gasteiger partial charge in [0.15, 0.2) is 0 Å². The van der Waals surface area contributed by atoms with E-state index in [4.69, 9.17) is 4.74 Å². The summed E-state index contributed by atoms with van der Waals surface area (Å²) in [6.45, 7) is 0. The van der Waals surface area contributed by atoms with E-state index in [1.54, 1.807) is 17.8 Å². The van der Waals surface area contributed by atoms with Gasteiger partial charge in [-0.25, -0.2) is 4.39 Å². The third kappa shape index (κ3) is 2.53. The molecule has 0 spiro atoms. The smallest absolute Gasteiger partial charge is 0.128 e. The molecule has 0 bridgehead atoms. The predicted molar refractivity (Wildman–Crippen MR) is 77.6 cm³/mol. The lowest BCUT2D eigenvalue weighted by Gasteiger charge is -2.30. The Morgan fingerprint density at radius 1 is 1.20 bits per heavy atom. The number of halogens is 1. The number of aliphatic hydroxyl groups is 1. The van der Waals surface area contributed by atoms with Crippen LogP contribution in [0.25, 0.3) is 0 Å². The highest BCUT2D eigenvalue weighted by Gasteiger charge is 2.28. The Morgan fingerprint density at radius 2 is 1.95 bits per heavy atom. The molecule has 0 saturated heterocycles. The van der Waals surface area contributed by atoms with E-state index in [1.165, 1.54) is 17.0 Å². The monoisotopic (exact) mass is 290 g/mol. The molecule has 0 aromatic heterocycles. The molecule has 2 nitrogen and oxygen atoms in total. The Morgan fingerprint density at radius 3 is 2.65 bits per heavy atom. The van der Waals surface area contributed by atoms with Gasteiger partial charge in [0.2, 0.25) is 0 Å². The average molecular weight is 290 g/mol. The van der Waals surface area contributed by atoms with Crippen LogP contribution in [0, 0.1) is 5.82 Å². The summed E-state index contributed by atoms with van der Waals surface area (Å²) >= 11 is 1.68. The van der Waals surface area contributed by atoms with Crippen molar-refractivity contribution < 1.29 is 14.2 Å². The van der Waals surface area contributed by atoms with Crippen LogP contribution in [0.5, 0.6) is 5.75 Å². The van der Waals surface area contributed by atoms with Crippen LogP contribution in [-0.4, -0.2) is 11.4 Å². The van der Waals surface area contributed by atoms with Crippen LogP contribution in [0.1, 0.15) is 29.8 Å². The molecule has 1 unspecified atom stereocenters. The van der Waals surface area contributed by atoms with E-state index in [0.29, 0.717) is 17.7 Å². The molecular weight excluding hydrogens is 275 g/mol. The molecule has 0 fully saturated rings. The van der Waals surface area contributed by atoms with Crippen molar-refractivity contribution in [2.24, 2.45) is 0 Å². The molecule has 1 heterocycles. The Bertz CT molecular complexity index is 612. The van der Waals surface area contributed by atoms with E-state index in [-0.39, 0.29) is 11.9 Å². The number of ether oxygens (including phenoxy) is 1. The van der Waals surface area contributed by atoms with Crippen LogP contribution in [0.15, 0.2) is 47.4 Å². The standard InChI is InChI=1S/C16H15FO2S/c1-20-12-5-2-10(3-6-12)15-9-14(18)13-7-4-11(17)8-16(13)19-15/h2-8,14-15,18H,9H2,1H3/t14-,15?/m1/s1. The first kappa shape index (κ1) is 13.5. The second-order valence-electron chi connectivity index (χ2n) is 4.81. The maximum atomic E-state index is 13.3. The zero-order chi connectivity index (χ0) is 14.1. The molecule has 2 atom stereocenters. The van der Waals surface area contributed by atoms with Gasteiger partial charge in [0.1, 0.15) is 17.7 Å². The second kappa shape index (κ2) is 5.46. The summed E-state index contributed by atoms with van der Waals surface area (Å²) in [5.74, 6) is 0.0806. The molecule has 20 heavy (non-hydrogen) atoms. The highest BCUT2D eigenvalue weighted by molar-refractivity contribution is 7.98. The number of hydrogen-bond acceptors (Lipinski definition) is 3. The van der Waals surface area contributed by atoms with Crippen molar-refractivity contribution in [1.82, 2.24) is 0 Å². The number of benzene rings is 2. The largest absolute Gasteiger partial charge is 0.485 e. The van der Waals surface area contributed by atoms with Crippen LogP contribution >= 0.6 is 11.8 Å². The van der Waals surface area contributed by atoms with Gasteiger partial charge >= 0.3 is 0 Å². The second-order valence-corrected chi connectivity index (χ2v) is 5.69. The van der Waals surface area contributed by atoms with E-state index >= 15 is 0 Å². The molecule has 1 N–H and O–H groups in total. The summed E-state index contributed by atoms with van der Waals surface area (Å²) < 4.78 is 19.1. The topological polar surface area (TPSA) is 29.5 Å². The predicted octanol–water partition coefficient (Wildman–Crippen LogP) is 4.10. The number of fused-ring (bicyclic) bond motifs is 1. The number of aliphatic hydroxyl groups excluding tert-OH is 1. The third-order valence-electron chi connectivity index (χ3n) is 3.53. The minimum atomic E-state index is -0.621. The summed E-state index contributed by atoms with van der Waals surface area (Å²) in [4.78, 5) is 1.18. The zero-order valence-electron chi connectivity index (χ0n) is 11.0. The molecule has 4 heteroatoms. The first-order chi connectivity index (χ1) is 9.67. The number of hydrogen-bond donors (Lipinski definition) is 1. The van der Waals surface area contributed by atoms with E-state index in [2.05, 4.69) is 0 Å². The molecule has 0 aliphatic carbocycles. The first-order valence-electron chi connectivity index (χ1n) is 6.45. The molecule has 1 aliphatic rings. The molecule has 2 aromatic rings. The zero-order valence-corrected chi connectivity index (χ0v) is 11.9. The third-order valence-corrected chi connectivity index (χ3v) is 4.27. The van der Waals surface area contributed by atoms with Crippen LogP contribution < -0.4 is 4.74 Å². The quantitative estimate of drug-likeness (QED) is 0.844. The van der Waals surface area contributed by atoms with Crippen molar-refractivity contribution in [3.05, 3.63) is 59.4 Å². The Labute approximate surface area is 121 Å². The van der Waals surface area contributed by atoms with E-state index in [1.807, 2.05) is 30.5 Å². The molecule has 0 radical (unpaired) electrons. The van der Waals surface area contributed by atoms with Crippen LogP contribution in [0.4, 0.5) is 4.39 Å². The Balaban J connectivity index is 1.89. The van der Waals surface area contributed by atoms with Crippen LogP contribution in [-0.2, 0) is 0 Å². The molecule has 104 valence electrons. The van der Waals surface area contributed by atoms with Gasteiger partial charge in [0.25, 0.3) is 0 Å². The lowest BCUT2D eigenvalue weighted by Crippen LogP contribution is -2.19. The van der Waals surface area contributed by atoms with Crippen molar-refractivity contribution >= 4 is 11.8 Å². The number of thioether (sulfide) groups is 1. The first-order valence-corrected chi connectivity index (χ1v) is 7.68. The Kier molecular flexibility index (Phi) is 3.68. The van der Waals surface area contributed by atoms with Crippen molar-refractivity contribution in [2.75, 3.05) is 6.26 Å². The van der Waals surface area contributed by atoms with Crippen LogP contribution in [0.2, 0.25) is 0 Å². The summed E-state index contributed by atoms with van der Waals surface area (Å²) in [6.07, 6.45) is 1.64. The summed E-state index contributed by atoms with van der Waals surface area (Å²) in [5, 5.41) is 10.2. The highest BCUT2D eigenvalue weighted by Crippen LogP contribution is 2.41. The van der Waals surface area contributed by atoms with Gasteiger partial charge in [-0.05, 0) is 36.1 Å². The summed E-state index contributed by atoms with van der Waals surface area (Å²) in [7, 11) is 0. The molecule has 0 saturated carbocycles. The average Bonchev–Trinajstić information content (AvgIpc) is 2.46. The molecule has 3 rings (SSSR count). The van der Waals surface area contributed by atoms with Crippen molar-refractivity contribution in [3.63, 3.8) is 0 Å². The van der Waals surface area contributed by atoms with E-state index < -0.39 is 6.10 Å². The summed E-state index contributed by atoms with van der Waals surface area (Å²) in [5.41, 5.74) is 1.65. The van der Waals surface area contributed by atoms with Gasteiger partial charge in [-0.15, -0.1) is 11.8 Å². The van der Waals surface area contributed by atoms with Gasteiger partial charge < -0.3 is 9.84 Å². The molecule has 0 amide bonds. The van der Waals surface area contributed by atoms with Crippen molar-refractivity contribution in [2.45, 2.75) is 23.5 Å².